The molecule has 4 N–H and O–H groups in total. The molecule has 0 aromatic heterocycles. The lowest BCUT2D eigenvalue weighted by Crippen LogP contribution is -2.43. The van der Waals surface area contributed by atoms with Crippen molar-refractivity contribution in [2.45, 2.75) is 18.2 Å². The zero-order chi connectivity index (χ0) is 14.3. The number of carbonyl (C=O) groups is 1. The fourth-order valence-corrected chi connectivity index (χ4v) is 2.21. The molecule has 0 spiro atoms. The third kappa shape index (κ3) is 5.00. The molecule has 0 saturated carbocycles. The lowest BCUT2D eigenvalue weighted by atomic mass is 10.2. The smallest absolute Gasteiger partial charge is 0.258 e. The van der Waals surface area contributed by atoms with E-state index in [-0.39, 0.29) is 30.4 Å². The van der Waals surface area contributed by atoms with Crippen molar-refractivity contribution < 1.29 is 14.6 Å². The van der Waals surface area contributed by atoms with Crippen LogP contribution in [0.1, 0.15) is 6.92 Å². The van der Waals surface area contributed by atoms with Crippen LogP contribution in [0.15, 0.2) is 24.3 Å². The molecule has 2 atom stereocenters. The Kier molecular flexibility index (Phi) is 6.52. The second-order valence-electron chi connectivity index (χ2n) is 4.14. The highest BCUT2D eigenvalue weighted by atomic mass is 32.2. The van der Waals surface area contributed by atoms with Gasteiger partial charge in [-0.15, -0.1) is 0 Å². The summed E-state index contributed by atoms with van der Waals surface area (Å²) >= 11 is 1.51. The highest BCUT2D eigenvalue weighted by Crippen LogP contribution is 2.19. The summed E-state index contributed by atoms with van der Waals surface area (Å²) in [5.41, 5.74) is 6.21. The van der Waals surface area contributed by atoms with Gasteiger partial charge in [-0.1, -0.05) is 12.1 Å². The summed E-state index contributed by atoms with van der Waals surface area (Å²) < 4.78 is 5.34. The minimum atomic E-state index is -0.233. The monoisotopic (exact) mass is 284 g/mol. The topological polar surface area (TPSA) is 84.6 Å². The number of nitrogens with two attached hydrogens (primary N) is 1. The van der Waals surface area contributed by atoms with Crippen molar-refractivity contribution in [3.63, 3.8) is 0 Å². The Bertz CT molecular complexity index is 411. The van der Waals surface area contributed by atoms with Crippen molar-refractivity contribution in [2.75, 3.05) is 25.2 Å². The number of aliphatic hydroxyl groups excluding tert-OH is 1. The molecule has 0 aliphatic carbocycles. The summed E-state index contributed by atoms with van der Waals surface area (Å²) in [5.74, 6) is 0.261. The highest BCUT2D eigenvalue weighted by molar-refractivity contribution is 7.99. The van der Waals surface area contributed by atoms with Gasteiger partial charge in [-0.05, 0) is 25.3 Å². The number of hydrogen-bond donors (Lipinski definition) is 3. The molecule has 0 aliphatic heterocycles. The number of para-hydroxylation sites is 2. The van der Waals surface area contributed by atoms with Crippen molar-refractivity contribution in [2.24, 2.45) is 0 Å². The first-order chi connectivity index (χ1) is 9.08. The predicted octanol–water partition coefficient (Wildman–Crippen LogP) is 0.876. The minimum Gasteiger partial charge on any atom is -0.482 e. The molecule has 0 heterocycles. The van der Waals surface area contributed by atoms with E-state index in [1.165, 1.54) is 11.8 Å². The molecular formula is C13H20N2O3S. The van der Waals surface area contributed by atoms with Crippen LogP contribution < -0.4 is 15.8 Å². The van der Waals surface area contributed by atoms with Crippen molar-refractivity contribution in [3.05, 3.63) is 24.3 Å². The van der Waals surface area contributed by atoms with Gasteiger partial charge in [-0.25, -0.2) is 0 Å². The van der Waals surface area contributed by atoms with E-state index < -0.39 is 0 Å². The lowest BCUT2D eigenvalue weighted by Gasteiger charge is -2.21. The number of ether oxygens (including phenoxy) is 1. The molecule has 1 amide bonds. The van der Waals surface area contributed by atoms with Gasteiger partial charge in [0.2, 0.25) is 0 Å². The number of hydrogen-bond acceptors (Lipinski definition) is 5. The van der Waals surface area contributed by atoms with E-state index in [2.05, 4.69) is 5.32 Å². The van der Waals surface area contributed by atoms with Gasteiger partial charge < -0.3 is 20.9 Å². The number of rotatable bonds is 7. The number of nitrogens with one attached hydrogen (secondary N) is 1. The maximum absolute atomic E-state index is 11.7. The van der Waals surface area contributed by atoms with Gasteiger partial charge in [0, 0.05) is 11.3 Å². The van der Waals surface area contributed by atoms with E-state index in [0.29, 0.717) is 11.4 Å². The van der Waals surface area contributed by atoms with E-state index in [1.54, 1.807) is 24.3 Å². The number of benzene rings is 1. The van der Waals surface area contributed by atoms with E-state index in [4.69, 9.17) is 15.6 Å². The van der Waals surface area contributed by atoms with Gasteiger partial charge in [0.05, 0.1) is 12.3 Å². The molecule has 0 saturated heterocycles. The van der Waals surface area contributed by atoms with Crippen molar-refractivity contribution in [1.82, 2.24) is 5.32 Å². The molecule has 1 aromatic carbocycles. The third-order valence-corrected chi connectivity index (χ3v) is 3.87. The van der Waals surface area contributed by atoms with Gasteiger partial charge in [-0.2, -0.15) is 11.8 Å². The van der Waals surface area contributed by atoms with Crippen LogP contribution in [0.25, 0.3) is 0 Å². The molecule has 2 unspecified atom stereocenters. The Morgan fingerprint density at radius 3 is 2.79 bits per heavy atom. The van der Waals surface area contributed by atoms with Gasteiger partial charge in [0.1, 0.15) is 5.75 Å². The van der Waals surface area contributed by atoms with E-state index in [0.717, 1.165) is 0 Å². The Hall–Kier alpha value is -1.40. The second kappa shape index (κ2) is 7.91. The number of aliphatic hydroxyl groups is 1. The zero-order valence-electron chi connectivity index (χ0n) is 11.1. The van der Waals surface area contributed by atoms with Crippen LogP contribution in [0, 0.1) is 0 Å². The number of anilines is 1. The Morgan fingerprint density at radius 1 is 1.53 bits per heavy atom. The first kappa shape index (κ1) is 15.7. The van der Waals surface area contributed by atoms with Crippen LogP contribution in [0.5, 0.6) is 5.75 Å². The van der Waals surface area contributed by atoms with E-state index in [9.17, 15) is 4.79 Å². The zero-order valence-corrected chi connectivity index (χ0v) is 11.9. The first-order valence-electron chi connectivity index (χ1n) is 5.98. The summed E-state index contributed by atoms with van der Waals surface area (Å²) in [7, 11) is 0. The summed E-state index contributed by atoms with van der Waals surface area (Å²) in [6.07, 6.45) is 1.89. The first-order valence-corrected chi connectivity index (χ1v) is 7.27. The van der Waals surface area contributed by atoms with Gasteiger partial charge in [-0.3, -0.25) is 4.79 Å². The maximum Gasteiger partial charge on any atom is 0.258 e. The van der Waals surface area contributed by atoms with Crippen LogP contribution in [0.2, 0.25) is 0 Å². The molecule has 19 heavy (non-hydrogen) atoms. The van der Waals surface area contributed by atoms with Gasteiger partial charge >= 0.3 is 0 Å². The van der Waals surface area contributed by atoms with Crippen LogP contribution >= 0.6 is 11.8 Å². The van der Waals surface area contributed by atoms with E-state index >= 15 is 0 Å². The molecule has 0 radical (unpaired) electrons. The van der Waals surface area contributed by atoms with Crippen LogP contribution in [-0.4, -0.2) is 41.8 Å². The number of nitrogen functional groups attached to an aromatic ring is 1. The molecule has 0 aliphatic rings. The predicted molar refractivity (Wildman–Crippen MR) is 78.3 cm³/mol. The largest absolute Gasteiger partial charge is 0.482 e. The average molecular weight is 284 g/mol. The summed E-state index contributed by atoms with van der Waals surface area (Å²) in [4.78, 5) is 11.7. The van der Waals surface area contributed by atoms with Crippen LogP contribution in [0.3, 0.4) is 0 Å². The van der Waals surface area contributed by atoms with Gasteiger partial charge in [0.25, 0.3) is 5.91 Å². The second-order valence-corrected chi connectivity index (χ2v) is 5.22. The standard InChI is InChI=1S/C13H20N2O3S/c1-9(12(7-16)19-2)15-13(17)8-18-11-6-4-3-5-10(11)14/h3-6,9,12,16H,7-8,14H2,1-2H3,(H,15,17). The quantitative estimate of drug-likeness (QED) is 0.647. The number of carbonyl (C=O) groups excluding carboxylic acids is 1. The Balaban J connectivity index is 2.42. The van der Waals surface area contributed by atoms with Crippen LogP contribution in [0.4, 0.5) is 5.69 Å². The van der Waals surface area contributed by atoms with Gasteiger partial charge in [0.15, 0.2) is 6.61 Å². The van der Waals surface area contributed by atoms with Crippen LogP contribution in [-0.2, 0) is 4.79 Å². The molecule has 1 aromatic rings. The number of thioether (sulfide) groups is 1. The molecule has 0 bridgehead atoms. The van der Waals surface area contributed by atoms with Crippen molar-refractivity contribution in [1.29, 1.82) is 0 Å². The summed E-state index contributed by atoms with van der Waals surface area (Å²) in [5, 5.41) is 11.9. The fourth-order valence-electron chi connectivity index (χ4n) is 1.58. The third-order valence-electron chi connectivity index (χ3n) is 2.71. The normalized spacial score (nSPS) is 13.6. The minimum absolute atomic E-state index is 0.0225. The Morgan fingerprint density at radius 2 is 2.21 bits per heavy atom. The SMILES string of the molecule is CSC(CO)C(C)NC(=O)COc1ccccc1N. The van der Waals surface area contributed by atoms with Crippen molar-refractivity contribution >= 4 is 23.4 Å². The molecule has 1 rings (SSSR count). The fraction of sp³-hybridized carbons (Fsp3) is 0.462. The number of amides is 1. The molecule has 0 fully saturated rings. The molecule has 5 nitrogen and oxygen atoms in total. The van der Waals surface area contributed by atoms with Crippen molar-refractivity contribution in [3.8, 4) is 5.75 Å². The lowest BCUT2D eigenvalue weighted by molar-refractivity contribution is -0.123. The molecular weight excluding hydrogens is 264 g/mol. The molecule has 6 heteroatoms. The highest BCUT2D eigenvalue weighted by Gasteiger charge is 2.17. The molecule has 106 valence electrons. The Labute approximate surface area is 117 Å². The average Bonchev–Trinajstić information content (AvgIpc) is 2.39. The summed E-state index contributed by atoms with van der Waals surface area (Å²) in [6.45, 7) is 1.78. The summed E-state index contributed by atoms with van der Waals surface area (Å²) in [6, 6.07) is 6.90. The van der Waals surface area contributed by atoms with E-state index in [1.807, 2.05) is 13.2 Å². The maximum atomic E-state index is 11.7.